The Balaban J connectivity index is 1.98. The van der Waals surface area contributed by atoms with Crippen molar-refractivity contribution in [1.82, 2.24) is 9.97 Å². The summed E-state index contributed by atoms with van der Waals surface area (Å²) in [5.41, 5.74) is 9.03. The molecule has 4 nitrogen and oxygen atoms in total. The molecule has 1 saturated carbocycles. The van der Waals surface area contributed by atoms with Crippen molar-refractivity contribution in [2.75, 3.05) is 12.8 Å². The quantitative estimate of drug-likeness (QED) is 0.912. The van der Waals surface area contributed by atoms with E-state index in [1.807, 2.05) is 6.07 Å². The van der Waals surface area contributed by atoms with E-state index in [0.29, 0.717) is 18.2 Å². The van der Waals surface area contributed by atoms with Gasteiger partial charge in [0.2, 0.25) is 0 Å². The molecule has 1 aromatic carbocycles. The highest BCUT2D eigenvalue weighted by atomic mass is 16.5. The molecule has 2 aromatic rings. The molecule has 0 aliphatic heterocycles. The number of benzene rings is 1. The number of rotatable bonds is 4. The molecule has 1 aromatic heterocycles. The van der Waals surface area contributed by atoms with Gasteiger partial charge in [0.05, 0.1) is 12.3 Å². The molecule has 0 radical (unpaired) electrons. The molecule has 0 spiro atoms. The molecule has 0 bridgehead atoms. The van der Waals surface area contributed by atoms with Gasteiger partial charge in [0.15, 0.2) is 5.82 Å². The number of aromatic nitrogens is 2. The average Bonchev–Trinajstić information content (AvgIpc) is 3.23. The Kier molecular flexibility index (Phi) is 3.17. The maximum atomic E-state index is 5.83. The third-order valence-corrected chi connectivity index (χ3v) is 3.28. The summed E-state index contributed by atoms with van der Waals surface area (Å²) in [6, 6.07) is 10.2. The molecular formula is C15H17N3O. The number of hydrogen-bond acceptors (Lipinski definition) is 4. The van der Waals surface area contributed by atoms with Gasteiger partial charge in [-0.2, -0.15) is 0 Å². The lowest BCUT2D eigenvalue weighted by atomic mass is 10.1. The largest absolute Gasteiger partial charge is 0.384 e. The van der Waals surface area contributed by atoms with Crippen LogP contribution in [0.3, 0.4) is 0 Å². The fourth-order valence-corrected chi connectivity index (χ4v) is 2.22. The zero-order valence-corrected chi connectivity index (χ0v) is 11.0. The highest BCUT2D eigenvalue weighted by molar-refractivity contribution is 5.58. The van der Waals surface area contributed by atoms with E-state index in [0.717, 1.165) is 17.2 Å². The molecule has 0 saturated heterocycles. The van der Waals surface area contributed by atoms with Crippen molar-refractivity contribution in [2.24, 2.45) is 0 Å². The summed E-state index contributed by atoms with van der Waals surface area (Å²) in [5, 5.41) is 0. The Morgan fingerprint density at radius 2 is 2.11 bits per heavy atom. The molecule has 1 fully saturated rings. The van der Waals surface area contributed by atoms with Crippen LogP contribution in [-0.2, 0) is 11.3 Å². The second-order valence-electron chi connectivity index (χ2n) is 4.94. The minimum atomic E-state index is 0.446. The molecular weight excluding hydrogens is 238 g/mol. The Morgan fingerprint density at radius 1 is 1.26 bits per heavy atom. The minimum absolute atomic E-state index is 0.446. The van der Waals surface area contributed by atoms with Crippen LogP contribution in [0.5, 0.6) is 0 Å². The van der Waals surface area contributed by atoms with Crippen LogP contribution in [0.25, 0.3) is 11.4 Å². The van der Waals surface area contributed by atoms with Gasteiger partial charge in [-0.1, -0.05) is 18.2 Å². The van der Waals surface area contributed by atoms with E-state index in [1.165, 1.54) is 18.4 Å². The molecule has 1 aliphatic carbocycles. The lowest BCUT2D eigenvalue weighted by Gasteiger charge is -2.07. The number of hydrogen-bond donors (Lipinski definition) is 1. The van der Waals surface area contributed by atoms with Crippen molar-refractivity contribution in [2.45, 2.75) is 25.4 Å². The van der Waals surface area contributed by atoms with Crippen molar-refractivity contribution in [3.63, 3.8) is 0 Å². The maximum absolute atomic E-state index is 5.83. The van der Waals surface area contributed by atoms with E-state index in [2.05, 4.69) is 28.2 Å². The van der Waals surface area contributed by atoms with E-state index in [4.69, 9.17) is 10.5 Å². The Labute approximate surface area is 112 Å². The minimum Gasteiger partial charge on any atom is -0.384 e. The first-order valence-electron chi connectivity index (χ1n) is 6.49. The van der Waals surface area contributed by atoms with Gasteiger partial charge >= 0.3 is 0 Å². The smallest absolute Gasteiger partial charge is 0.161 e. The molecule has 98 valence electrons. The number of anilines is 1. The van der Waals surface area contributed by atoms with Gasteiger partial charge in [0, 0.05) is 18.7 Å². The molecule has 2 N–H and O–H groups in total. The van der Waals surface area contributed by atoms with Crippen LogP contribution in [0.15, 0.2) is 30.3 Å². The first-order chi connectivity index (χ1) is 9.26. The molecule has 0 unspecified atom stereocenters. The molecule has 0 amide bonds. The Bertz CT molecular complexity index is 594. The van der Waals surface area contributed by atoms with Gasteiger partial charge in [0.25, 0.3) is 0 Å². The van der Waals surface area contributed by atoms with Crippen molar-refractivity contribution in [1.29, 1.82) is 0 Å². The van der Waals surface area contributed by atoms with Gasteiger partial charge in [-0.05, 0) is 30.4 Å². The third-order valence-electron chi connectivity index (χ3n) is 3.28. The van der Waals surface area contributed by atoms with Crippen molar-refractivity contribution in [3.8, 4) is 11.4 Å². The average molecular weight is 255 g/mol. The van der Waals surface area contributed by atoms with Crippen molar-refractivity contribution in [3.05, 3.63) is 41.6 Å². The monoisotopic (exact) mass is 255 g/mol. The summed E-state index contributed by atoms with van der Waals surface area (Å²) in [6.07, 6.45) is 2.58. The topological polar surface area (TPSA) is 61.0 Å². The zero-order chi connectivity index (χ0) is 13.2. The lowest BCUT2D eigenvalue weighted by molar-refractivity contribution is 0.181. The zero-order valence-electron chi connectivity index (χ0n) is 11.0. The number of nitrogens with zero attached hydrogens (tertiary/aromatic N) is 2. The first-order valence-corrected chi connectivity index (χ1v) is 6.49. The summed E-state index contributed by atoms with van der Waals surface area (Å²) >= 11 is 0. The summed E-state index contributed by atoms with van der Waals surface area (Å²) in [4.78, 5) is 8.82. The summed E-state index contributed by atoms with van der Waals surface area (Å²) in [5.74, 6) is 1.88. The Morgan fingerprint density at radius 3 is 2.84 bits per heavy atom. The molecule has 4 heteroatoms. The molecule has 1 heterocycles. The number of ether oxygens (including phenoxy) is 1. The van der Waals surface area contributed by atoms with Crippen LogP contribution in [0.2, 0.25) is 0 Å². The van der Waals surface area contributed by atoms with Crippen LogP contribution in [0.4, 0.5) is 5.82 Å². The van der Waals surface area contributed by atoms with Crippen LogP contribution in [0.1, 0.15) is 30.0 Å². The van der Waals surface area contributed by atoms with E-state index in [9.17, 15) is 0 Å². The van der Waals surface area contributed by atoms with E-state index < -0.39 is 0 Å². The number of nitrogen functional groups attached to an aromatic ring is 1. The van der Waals surface area contributed by atoms with Crippen molar-refractivity contribution >= 4 is 5.82 Å². The lowest BCUT2D eigenvalue weighted by Crippen LogP contribution is -2.01. The van der Waals surface area contributed by atoms with Crippen LogP contribution >= 0.6 is 0 Å². The fourth-order valence-electron chi connectivity index (χ4n) is 2.22. The normalized spacial score (nSPS) is 14.6. The standard InChI is InChI=1S/C15H17N3O/c1-19-9-13-8-14(16)18-15(17-13)12-4-2-3-11(7-12)10-5-6-10/h2-4,7-8,10H,5-6,9H2,1H3,(H2,16,17,18). The predicted molar refractivity (Wildman–Crippen MR) is 74.6 cm³/mol. The number of methoxy groups -OCH3 is 1. The summed E-state index contributed by atoms with van der Waals surface area (Å²) in [6.45, 7) is 0.446. The highest BCUT2D eigenvalue weighted by Crippen LogP contribution is 2.40. The van der Waals surface area contributed by atoms with E-state index >= 15 is 0 Å². The van der Waals surface area contributed by atoms with E-state index in [1.54, 1.807) is 13.2 Å². The second-order valence-corrected chi connectivity index (χ2v) is 4.94. The molecule has 1 aliphatic rings. The number of nitrogens with two attached hydrogens (primary N) is 1. The molecule has 0 atom stereocenters. The van der Waals surface area contributed by atoms with Gasteiger partial charge in [-0.3, -0.25) is 0 Å². The van der Waals surface area contributed by atoms with Gasteiger partial charge in [-0.25, -0.2) is 9.97 Å². The fraction of sp³-hybridized carbons (Fsp3) is 0.333. The van der Waals surface area contributed by atoms with Crippen LogP contribution < -0.4 is 5.73 Å². The second kappa shape index (κ2) is 4.97. The predicted octanol–water partition coefficient (Wildman–Crippen LogP) is 2.75. The van der Waals surface area contributed by atoms with Crippen LogP contribution in [0, 0.1) is 0 Å². The van der Waals surface area contributed by atoms with Gasteiger partial charge < -0.3 is 10.5 Å². The molecule has 19 heavy (non-hydrogen) atoms. The first kappa shape index (κ1) is 12.1. The molecule has 3 rings (SSSR count). The Hall–Kier alpha value is -1.94. The third kappa shape index (κ3) is 2.74. The SMILES string of the molecule is COCc1cc(N)nc(-c2cccc(C3CC3)c2)n1. The summed E-state index contributed by atoms with van der Waals surface area (Å²) in [7, 11) is 1.64. The van der Waals surface area contributed by atoms with Crippen molar-refractivity contribution < 1.29 is 4.74 Å². The highest BCUT2D eigenvalue weighted by Gasteiger charge is 2.23. The summed E-state index contributed by atoms with van der Waals surface area (Å²) < 4.78 is 5.10. The maximum Gasteiger partial charge on any atom is 0.161 e. The van der Waals surface area contributed by atoms with Crippen LogP contribution in [-0.4, -0.2) is 17.1 Å². The van der Waals surface area contributed by atoms with Gasteiger partial charge in [-0.15, -0.1) is 0 Å². The van der Waals surface area contributed by atoms with E-state index in [-0.39, 0.29) is 0 Å². The van der Waals surface area contributed by atoms with Gasteiger partial charge in [0.1, 0.15) is 5.82 Å².